The van der Waals surface area contributed by atoms with Crippen LogP contribution in [0.5, 0.6) is 0 Å². The van der Waals surface area contributed by atoms with Crippen LogP contribution >= 0.6 is 23.5 Å². The molecule has 0 saturated heterocycles. The Labute approximate surface area is 93.3 Å². The summed E-state index contributed by atoms with van der Waals surface area (Å²) in [6.45, 7) is 0. The van der Waals surface area contributed by atoms with Gasteiger partial charge in [-0.05, 0) is 0 Å². The van der Waals surface area contributed by atoms with E-state index in [1.54, 1.807) is 0 Å². The molecule has 0 spiro atoms. The van der Waals surface area contributed by atoms with Crippen molar-refractivity contribution in [3.63, 3.8) is 0 Å². The van der Waals surface area contributed by atoms with E-state index in [4.69, 9.17) is 62.9 Å². The van der Waals surface area contributed by atoms with Crippen molar-refractivity contribution in [2.24, 2.45) is 5.90 Å². The third kappa shape index (κ3) is 52800. The van der Waals surface area contributed by atoms with Gasteiger partial charge in [-0.2, -0.15) is 0 Å². The second-order valence-electron chi connectivity index (χ2n) is 1.54. The Hall–Kier alpha value is 0.250. The van der Waals surface area contributed by atoms with Crippen LogP contribution in [0.25, 0.3) is 0 Å². The summed E-state index contributed by atoms with van der Waals surface area (Å²) in [5.74, 6) is 3.50. The minimum Gasteiger partial charge on any atom is -0.320 e. The Morgan fingerprint density at radius 3 is 0.471 bits per heavy atom. The highest BCUT2D eigenvalue weighted by Crippen LogP contribution is 2.26. The number of phosphoric acid groups is 3. The van der Waals surface area contributed by atoms with Crippen molar-refractivity contribution in [1.82, 2.24) is 0 Å². The number of hydrogen-bond acceptors (Lipinski definition) is 5. The topological polar surface area (TPSA) is 280 Å². The number of nitrogens with two attached hydrogens (primary N) is 1. The molecule has 0 aliphatic heterocycles. The second-order valence-corrected chi connectivity index (χ2v) is 4.62. The van der Waals surface area contributed by atoms with Crippen LogP contribution < -0.4 is 5.90 Å². The van der Waals surface area contributed by atoms with Crippen LogP contribution in [0, 0.1) is 0 Å². The summed E-state index contributed by atoms with van der Waals surface area (Å²) < 4.78 is 26.6. The van der Waals surface area contributed by atoms with E-state index in [1.165, 1.54) is 0 Å². The highest BCUT2D eigenvalue weighted by Gasteiger charge is 2.01. The zero-order chi connectivity index (χ0) is 15.5. The quantitative estimate of drug-likeness (QED) is 0.152. The highest BCUT2D eigenvalue weighted by atomic mass is 31.2. The average Bonchev–Trinajstić information content (AvgIpc) is 1.77. The Balaban J connectivity index is -0.0000000693. The lowest BCUT2D eigenvalue weighted by Crippen LogP contribution is -1.72. The zero-order valence-electron chi connectivity index (χ0n) is 7.62. The lowest BCUT2D eigenvalue weighted by molar-refractivity contribution is 0.272. The van der Waals surface area contributed by atoms with E-state index in [2.05, 4.69) is 5.90 Å². The first-order chi connectivity index (χ1) is 7.00. The SMILES string of the molecule is NO.O=P(O)(O)O.O=P(O)(O)O.O=P(O)(O)O. The Morgan fingerprint density at radius 1 is 0.471 bits per heavy atom. The van der Waals surface area contributed by atoms with Gasteiger partial charge < -0.3 is 49.2 Å². The van der Waals surface area contributed by atoms with Crippen molar-refractivity contribution in [3.05, 3.63) is 0 Å². The van der Waals surface area contributed by atoms with E-state index in [-0.39, 0.29) is 0 Å². The largest absolute Gasteiger partial charge is 0.466 e. The van der Waals surface area contributed by atoms with Crippen molar-refractivity contribution in [1.29, 1.82) is 0 Å². The van der Waals surface area contributed by atoms with Gasteiger partial charge in [0.05, 0.1) is 0 Å². The van der Waals surface area contributed by atoms with Gasteiger partial charge in [-0.25, -0.2) is 19.6 Å². The summed E-state index contributed by atoms with van der Waals surface area (Å²) in [5, 5.41) is 6.50. The predicted molar refractivity (Wildman–Crippen MR) is 48.8 cm³/mol. The maximum absolute atomic E-state index is 8.88. The third-order valence-electron chi connectivity index (χ3n) is 0. The van der Waals surface area contributed by atoms with E-state index in [9.17, 15) is 0 Å². The van der Waals surface area contributed by atoms with Crippen LogP contribution in [-0.2, 0) is 13.7 Å². The average molecular weight is 327 g/mol. The highest BCUT2D eigenvalue weighted by molar-refractivity contribution is 7.45. The molecular formula is H12NO13P3. The smallest absolute Gasteiger partial charge is 0.320 e. The molecule has 12 N–H and O–H groups in total. The molecule has 17 heteroatoms. The van der Waals surface area contributed by atoms with Crippen LogP contribution in [-0.4, -0.2) is 49.2 Å². The standard InChI is InChI=1S/H3NO.3H3O4P/c1-2;3*1-5(2,3)4/h2H,1H2;3*(H3,1,2,3,4). The fourth-order valence-electron chi connectivity index (χ4n) is 0. The van der Waals surface area contributed by atoms with Gasteiger partial charge in [0.15, 0.2) is 0 Å². The van der Waals surface area contributed by atoms with Crippen LogP contribution in [0.1, 0.15) is 0 Å². The van der Waals surface area contributed by atoms with E-state index >= 15 is 0 Å². The molecule has 0 aromatic carbocycles. The minimum absolute atomic E-state index is 3.50. The summed E-state index contributed by atoms with van der Waals surface area (Å²) in [5.41, 5.74) is 0. The normalized spacial score (nSPS) is 10.8. The van der Waals surface area contributed by atoms with Crippen LogP contribution in [0.3, 0.4) is 0 Å². The molecule has 0 atom stereocenters. The van der Waals surface area contributed by atoms with Crippen molar-refractivity contribution < 1.29 is 62.9 Å². The van der Waals surface area contributed by atoms with Gasteiger partial charge in [0.1, 0.15) is 0 Å². The zero-order valence-corrected chi connectivity index (χ0v) is 10.3. The molecule has 0 radical (unpaired) electrons. The molecule has 0 aromatic rings. The number of rotatable bonds is 0. The molecule has 110 valence electrons. The van der Waals surface area contributed by atoms with Crippen LogP contribution in [0.2, 0.25) is 0 Å². The third-order valence-corrected chi connectivity index (χ3v) is 0. The molecule has 0 saturated carbocycles. The van der Waals surface area contributed by atoms with Gasteiger partial charge in [-0.1, -0.05) is 0 Å². The molecule has 0 aliphatic carbocycles. The van der Waals surface area contributed by atoms with Crippen molar-refractivity contribution in [3.8, 4) is 0 Å². The van der Waals surface area contributed by atoms with Gasteiger partial charge in [-0.15, -0.1) is 0 Å². The molecule has 0 unspecified atom stereocenters. The summed E-state index contributed by atoms with van der Waals surface area (Å²) in [6.07, 6.45) is 0. The van der Waals surface area contributed by atoms with Gasteiger partial charge in [0.2, 0.25) is 0 Å². The van der Waals surface area contributed by atoms with Gasteiger partial charge >= 0.3 is 23.5 Å². The molecule has 17 heavy (non-hydrogen) atoms. The van der Waals surface area contributed by atoms with E-state index in [0.717, 1.165) is 0 Å². The van der Waals surface area contributed by atoms with Gasteiger partial charge in [-0.3, -0.25) is 0 Å². The molecule has 0 fully saturated rings. The maximum atomic E-state index is 8.88. The van der Waals surface area contributed by atoms with Gasteiger partial charge in [0.25, 0.3) is 0 Å². The second kappa shape index (κ2) is 11.3. The molecule has 0 rings (SSSR count). The Morgan fingerprint density at radius 2 is 0.471 bits per heavy atom. The minimum atomic E-state index is -4.64. The first kappa shape index (κ1) is 25.9. The monoisotopic (exact) mass is 327 g/mol. The summed E-state index contributed by atoms with van der Waals surface area (Å²) in [7, 11) is -13.9. The molecule has 14 nitrogen and oxygen atoms in total. The van der Waals surface area contributed by atoms with Crippen molar-refractivity contribution >= 4 is 23.5 Å². The Kier molecular flexibility index (Phi) is 17.3. The van der Waals surface area contributed by atoms with Crippen molar-refractivity contribution in [2.45, 2.75) is 0 Å². The fraction of sp³-hybridized carbons (Fsp3) is 0. The predicted octanol–water partition coefficient (Wildman–Crippen LogP) is -3.45. The van der Waals surface area contributed by atoms with E-state index in [0.29, 0.717) is 0 Å². The van der Waals surface area contributed by atoms with Crippen LogP contribution in [0.15, 0.2) is 0 Å². The molecule has 0 bridgehead atoms. The fourth-order valence-corrected chi connectivity index (χ4v) is 0. The first-order valence-corrected chi connectivity index (χ1v) is 7.30. The molecule has 0 aromatic heterocycles. The molecule has 0 heterocycles. The molecule has 0 amide bonds. The lowest BCUT2D eigenvalue weighted by Gasteiger charge is -1.82. The molecular weight excluding hydrogens is 315 g/mol. The maximum Gasteiger partial charge on any atom is 0.466 e. The van der Waals surface area contributed by atoms with E-state index < -0.39 is 23.5 Å². The molecule has 0 aliphatic rings. The van der Waals surface area contributed by atoms with Crippen molar-refractivity contribution in [2.75, 3.05) is 0 Å². The Bertz CT molecular complexity index is 203. The summed E-state index contributed by atoms with van der Waals surface area (Å²) in [4.78, 5) is 64.7. The first-order valence-electron chi connectivity index (χ1n) is 2.61. The summed E-state index contributed by atoms with van der Waals surface area (Å²) >= 11 is 0. The van der Waals surface area contributed by atoms with E-state index in [1.807, 2.05) is 0 Å². The summed E-state index contributed by atoms with van der Waals surface area (Å²) in [6, 6.07) is 0. The van der Waals surface area contributed by atoms with Gasteiger partial charge in [0, 0.05) is 0 Å². The van der Waals surface area contributed by atoms with Crippen LogP contribution in [0.4, 0.5) is 0 Å². The lowest BCUT2D eigenvalue weighted by atomic mass is 13.6. The number of hydrogen-bond donors (Lipinski definition) is 11.